The molecular formula is C8H16Cl2N2O. The number of ketones is 1. The van der Waals surface area contributed by atoms with E-state index < -0.39 is 0 Å². The molecule has 2 N–H and O–H groups in total. The monoisotopic (exact) mass is 226 g/mol. The number of nitrogens with zero attached hydrogens (tertiary/aromatic N) is 1. The van der Waals surface area contributed by atoms with Crippen LogP contribution in [-0.2, 0) is 4.79 Å². The highest BCUT2D eigenvalue weighted by Crippen LogP contribution is 2.32. The lowest BCUT2D eigenvalue weighted by Crippen LogP contribution is -2.33. The van der Waals surface area contributed by atoms with E-state index in [4.69, 9.17) is 5.73 Å². The topological polar surface area (TPSA) is 46.3 Å². The second kappa shape index (κ2) is 5.15. The first-order valence-electron chi connectivity index (χ1n) is 4.26. The van der Waals surface area contributed by atoms with Crippen LogP contribution < -0.4 is 5.73 Å². The summed E-state index contributed by atoms with van der Waals surface area (Å²) in [5.74, 6) is 1.16. The maximum Gasteiger partial charge on any atom is 0.151 e. The molecule has 2 rings (SSSR count). The van der Waals surface area contributed by atoms with E-state index in [2.05, 4.69) is 4.90 Å². The van der Waals surface area contributed by atoms with Gasteiger partial charge in [-0.3, -0.25) is 4.79 Å². The van der Waals surface area contributed by atoms with Crippen molar-refractivity contribution in [3.8, 4) is 0 Å². The van der Waals surface area contributed by atoms with Crippen molar-refractivity contribution in [3.05, 3.63) is 0 Å². The smallest absolute Gasteiger partial charge is 0.151 e. The van der Waals surface area contributed by atoms with Crippen molar-refractivity contribution >= 4 is 30.6 Å². The third kappa shape index (κ3) is 2.34. The Kier molecular flexibility index (Phi) is 5.22. The molecule has 0 saturated carbocycles. The molecular weight excluding hydrogens is 211 g/mol. The van der Waals surface area contributed by atoms with Crippen molar-refractivity contribution in [2.45, 2.75) is 6.42 Å². The van der Waals surface area contributed by atoms with Gasteiger partial charge in [0.2, 0.25) is 0 Å². The predicted octanol–water partition coefficient (Wildman–Crippen LogP) is 0.310. The Morgan fingerprint density at radius 1 is 1.38 bits per heavy atom. The summed E-state index contributed by atoms with van der Waals surface area (Å²) in [5, 5.41) is 0. The SMILES string of the molecule is Cl.Cl.NCC(=O)C1CN2CCC1C2. The number of hydrogen-bond acceptors (Lipinski definition) is 3. The molecule has 13 heavy (non-hydrogen) atoms. The largest absolute Gasteiger partial charge is 0.324 e. The Hall–Kier alpha value is 0.170. The molecule has 0 aliphatic carbocycles. The molecule has 3 atom stereocenters. The molecule has 0 spiro atoms. The zero-order valence-electron chi connectivity index (χ0n) is 7.44. The normalized spacial score (nSPS) is 35.0. The molecule has 0 radical (unpaired) electrons. The Labute approximate surface area is 90.8 Å². The highest BCUT2D eigenvalue weighted by atomic mass is 35.5. The van der Waals surface area contributed by atoms with E-state index in [1.165, 1.54) is 13.0 Å². The Morgan fingerprint density at radius 3 is 2.46 bits per heavy atom. The van der Waals surface area contributed by atoms with E-state index in [1.54, 1.807) is 0 Å². The molecule has 2 bridgehead atoms. The van der Waals surface area contributed by atoms with Crippen molar-refractivity contribution < 1.29 is 4.79 Å². The Bertz CT molecular complexity index is 189. The van der Waals surface area contributed by atoms with Crippen molar-refractivity contribution in [3.63, 3.8) is 0 Å². The van der Waals surface area contributed by atoms with Crippen molar-refractivity contribution in [2.75, 3.05) is 26.2 Å². The van der Waals surface area contributed by atoms with Gasteiger partial charge >= 0.3 is 0 Å². The number of fused-ring (bicyclic) bond motifs is 2. The first-order valence-corrected chi connectivity index (χ1v) is 4.26. The lowest BCUT2D eigenvalue weighted by molar-refractivity contribution is -0.122. The summed E-state index contributed by atoms with van der Waals surface area (Å²) in [6.07, 6.45) is 1.20. The third-order valence-corrected chi connectivity index (χ3v) is 2.95. The molecule has 2 fully saturated rings. The lowest BCUT2D eigenvalue weighted by Gasteiger charge is -2.19. The number of nitrogens with two attached hydrogens (primary N) is 1. The highest BCUT2D eigenvalue weighted by molar-refractivity contribution is 5.85. The summed E-state index contributed by atoms with van der Waals surface area (Å²) >= 11 is 0. The van der Waals surface area contributed by atoms with Gasteiger partial charge in [-0.05, 0) is 18.9 Å². The molecule has 0 aromatic heterocycles. The van der Waals surface area contributed by atoms with Crippen LogP contribution in [0.25, 0.3) is 0 Å². The summed E-state index contributed by atoms with van der Waals surface area (Å²) in [7, 11) is 0. The van der Waals surface area contributed by atoms with E-state index in [9.17, 15) is 4.79 Å². The van der Waals surface area contributed by atoms with Crippen molar-refractivity contribution in [1.29, 1.82) is 0 Å². The molecule has 2 aliphatic rings. The van der Waals surface area contributed by atoms with Crippen LogP contribution in [0.2, 0.25) is 0 Å². The van der Waals surface area contributed by atoms with Crippen LogP contribution in [0.5, 0.6) is 0 Å². The average Bonchev–Trinajstić information content (AvgIpc) is 2.62. The van der Waals surface area contributed by atoms with Gasteiger partial charge in [0, 0.05) is 19.0 Å². The van der Waals surface area contributed by atoms with Crippen LogP contribution in [-0.4, -0.2) is 36.9 Å². The maximum atomic E-state index is 11.3. The number of Topliss-reactive ketones (excluding diaryl/α,β-unsaturated/α-hetero) is 1. The zero-order chi connectivity index (χ0) is 7.84. The zero-order valence-corrected chi connectivity index (χ0v) is 9.07. The van der Waals surface area contributed by atoms with E-state index in [1.807, 2.05) is 0 Å². The third-order valence-electron chi connectivity index (χ3n) is 2.95. The minimum atomic E-state index is 0. The van der Waals surface area contributed by atoms with Crippen LogP contribution >= 0.6 is 24.8 Å². The van der Waals surface area contributed by atoms with Crippen LogP contribution in [0, 0.1) is 11.8 Å². The van der Waals surface area contributed by atoms with E-state index >= 15 is 0 Å². The van der Waals surface area contributed by atoms with Gasteiger partial charge in [0.05, 0.1) is 6.54 Å². The van der Waals surface area contributed by atoms with Crippen molar-refractivity contribution in [2.24, 2.45) is 17.6 Å². The van der Waals surface area contributed by atoms with Gasteiger partial charge < -0.3 is 10.6 Å². The number of piperidine rings is 1. The summed E-state index contributed by atoms with van der Waals surface area (Å²) in [6.45, 7) is 3.53. The predicted molar refractivity (Wildman–Crippen MR) is 56.6 cm³/mol. The molecule has 78 valence electrons. The minimum absolute atomic E-state index is 0. The van der Waals surface area contributed by atoms with Gasteiger partial charge in [-0.2, -0.15) is 0 Å². The standard InChI is InChI=1S/C8H14N2O.2ClH/c9-3-8(11)7-5-10-2-1-6(7)4-10;;/h6-7H,1-5,9H2;2*1H. The van der Waals surface area contributed by atoms with Gasteiger partial charge in [-0.15, -0.1) is 24.8 Å². The van der Waals surface area contributed by atoms with Gasteiger partial charge in [0.1, 0.15) is 0 Å². The second-order valence-corrected chi connectivity index (χ2v) is 3.59. The van der Waals surface area contributed by atoms with E-state index in [-0.39, 0.29) is 43.1 Å². The number of rotatable bonds is 2. The van der Waals surface area contributed by atoms with Gasteiger partial charge in [-0.1, -0.05) is 0 Å². The minimum Gasteiger partial charge on any atom is -0.324 e. The Balaban J connectivity index is 0.000000720. The van der Waals surface area contributed by atoms with Gasteiger partial charge in [-0.25, -0.2) is 0 Å². The van der Waals surface area contributed by atoms with Gasteiger partial charge in [0.15, 0.2) is 5.78 Å². The molecule has 0 amide bonds. The number of carbonyl (C=O) groups excluding carboxylic acids is 1. The summed E-state index contributed by atoms with van der Waals surface area (Å²) in [4.78, 5) is 13.6. The Morgan fingerprint density at radius 2 is 2.08 bits per heavy atom. The molecule has 2 heterocycles. The maximum absolute atomic E-state index is 11.3. The number of carbonyl (C=O) groups is 1. The fourth-order valence-corrected chi connectivity index (χ4v) is 2.30. The molecule has 0 aromatic carbocycles. The highest BCUT2D eigenvalue weighted by Gasteiger charge is 2.40. The summed E-state index contributed by atoms with van der Waals surface area (Å²) in [5.41, 5.74) is 5.32. The van der Waals surface area contributed by atoms with Gasteiger partial charge in [0.25, 0.3) is 0 Å². The first kappa shape index (κ1) is 13.2. The van der Waals surface area contributed by atoms with Crippen molar-refractivity contribution in [1.82, 2.24) is 4.90 Å². The molecule has 2 aliphatic heterocycles. The van der Waals surface area contributed by atoms with E-state index in [0.717, 1.165) is 13.1 Å². The van der Waals surface area contributed by atoms with Crippen LogP contribution in [0.3, 0.4) is 0 Å². The number of halogens is 2. The second-order valence-electron chi connectivity index (χ2n) is 3.59. The molecule has 3 unspecified atom stereocenters. The first-order chi connectivity index (χ1) is 5.31. The summed E-state index contributed by atoms with van der Waals surface area (Å²) < 4.78 is 0. The lowest BCUT2D eigenvalue weighted by atomic mass is 9.89. The molecule has 3 nitrogen and oxygen atoms in total. The quantitative estimate of drug-likeness (QED) is 0.738. The molecule has 5 heteroatoms. The molecule has 2 saturated heterocycles. The van der Waals surface area contributed by atoms with Crippen LogP contribution in [0.4, 0.5) is 0 Å². The number of hydrogen-bond donors (Lipinski definition) is 1. The van der Waals surface area contributed by atoms with E-state index in [0.29, 0.717) is 5.92 Å². The fourth-order valence-electron chi connectivity index (χ4n) is 2.30. The molecule has 0 aromatic rings. The van der Waals surface area contributed by atoms with Crippen LogP contribution in [0.1, 0.15) is 6.42 Å². The fraction of sp³-hybridized carbons (Fsp3) is 0.875. The van der Waals surface area contributed by atoms with Crippen LogP contribution in [0.15, 0.2) is 0 Å². The average molecular weight is 227 g/mol. The summed E-state index contributed by atoms with van der Waals surface area (Å²) in [6, 6.07) is 0.